The number of anilines is 2. The van der Waals surface area contributed by atoms with E-state index in [9.17, 15) is 9.59 Å². The number of likely N-dealkylation sites (N-methyl/N-ethyl adjacent to an activating group) is 2. The van der Waals surface area contributed by atoms with Crippen molar-refractivity contribution in [1.29, 1.82) is 0 Å². The molecule has 0 amide bonds. The second-order valence-electron chi connectivity index (χ2n) is 8.50. The summed E-state index contributed by atoms with van der Waals surface area (Å²) < 4.78 is 0. The van der Waals surface area contributed by atoms with Gasteiger partial charge in [-0.1, -0.05) is 24.3 Å². The molecule has 6 heteroatoms. The predicted molar refractivity (Wildman–Crippen MR) is 123 cm³/mol. The van der Waals surface area contributed by atoms with Crippen LogP contribution in [0.2, 0.25) is 0 Å². The van der Waals surface area contributed by atoms with Crippen LogP contribution in [0.4, 0.5) is 11.4 Å². The van der Waals surface area contributed by atoms with Gasteiger partial charge in [-0.05, 0) is 54.2 Å². The van der Waals surface area contributed by atoms with Crippen LogP contribution in [0.5, 0.6) is 0 Å². The zero-order valence-corrected chi connectivity index (χ0v) is 18.7. The molecule has 0 heterocycles. The molecular formula is C24H32N4O2. The Balaban J connectivity index is 2.04. The monoisotopic (exact) mass is 408 g/mol. The minimum absolute atomic E-state index is 0.0999. The van der Waals surface area contributed by atoms with Crippen LogP contribution in [-0.2, 0) is 0 Å². The Labute approximate surface area is 179 Å². The lowest BCUT2D eigenvalue weighted by Gasteiger charge is -2.27. The molecule has 0 radical (unpaired) electrons. The third kappa shape index (κ3) is 4.25. The van der Waals surface area contributed by atoms with Crippen molar-refractivity contribution in [1.82, 2.24) is 9.80 Å². The van der Waals surface area contributed by atoms with Crippen LogP contribution in [-0.4, -0.2) is 74.7 Å². The molecule has 0 spiro atoms. The van der Waals surface area contributed by atoms with E-state index >= 15 is 0 Å². The number of carbonyl (C=O) groups excluding carboxylic acids is 2. The van der Waals surface area contributed by atoms with Gasteiger partial charge in [0.15, 0.2) is 11.6 Å². The lowest BCUT2D eigenvalue weighted by Crippen LogP contribution is -2.34. The Morgan fingerprint density at radius 3 is 1.83 bits per heavy atom. The number of rotatable bonds is 8. The SMILES string of the molecule is CC(CNc1ccc2c(c1NCC(C)N(C)C)C(=O)c1ccccc1C2=O)N(C)C. The number of carbonyl (C=O) groups is 2. The molecule has 0 aliphatic heterocycles. The highest BCUT2D eigenvalue weighted by atomic mass is 16.1. The van der Waals surface area contributed by atoms with Crippen LogP contribution < -0.4 is 10.6 Å². The van der Waals surface area contributed by atoms with Gasteiger partial charge in [-0.3, -0.25) is 9.59 Å². The highest BCUT2D eigenvalue weighted by Gasteiger charge is 2.32. The third-order valence-electron chi connectivity index (χ3n) is 6.02. The van der Waals surface area contributed by atoms with E-state index in [-0.39, 0.29) is 17.6 Å². The van der Waals surface area contributed by atoms with Crippen molar-refractivity contribution in [2.24, 2.45) is 0 Å². The molecule has 0 aromatic heterocycles. The summed E-state index contributed by atoms with van der Waals surface area (Å²) in [6.45, 7) is 5.64. The molecule has 0 fully saturated rings. The molecule has 2 aromatic carbocycles. The zero-order chi connectivity index (χ0) is 22.0. The number of nitrogens with zero attached hydrogens (tertiary/aromatic N) is 2. The number of fused-ring (bicyclic) bond motifs is 2. The van der Waals surface area contributed by atoms with Gasteiger partial charge in [-0.25, -0.2) is 0 Å². The van der Waals surface area contributed by atoms with Crippen LogP contribution >= 0.6 is 0 Å². The van der Waals surface area contributed by atoms with Gasteiger partial charge in [0.2, 0.25) is 0 Å². The van der Waals surface area contributed by atoms with Crippen LogP contribution in [0.25, 0.3) is 0 Å². The van der Waals surface area contributed by atoms with Crippen LogP contribution in [0.15, 0.2) is 36.4 Å². The van der Waals surface area contributed by atoms with E-state index < -0.39 is 0 Å². The van der Waals surface area contributed by atoms with Gasteiger partial charge in [0.1, 0.15) is 0 Å². The van der Waals surface area contributed by atoms with E-state index in [1.54, 1.807) is 30.3 Å². The summed E-state index contributed by atoms with van der Waals surface area (Å²) in [5, 5.41) is 6.94. The van der Waals surface area contributed by atoms with Crippen LogP contribution in [0.3, 0.4) is 0 Å². The fourth-order valence-corrected chi connectivity index (χ4v) is 3.39. The normalized spacial score (nSPS) is 15.1. The second-order valence-corrected chi connectivity index (χ2v) is 8.50. The minimum atomic E-state index is -0.107. The van der Waals surface area contributed by atoms with E-state index in [0.29, 0.717) is 40.5 Å². The fraction of sp³-hybridized carbons (Fsp3) is 0.417. The second kappa shape index (κ2) is 8.98. The summed E-state index contributed by atoms with van der Waals surface area (Å²) >= 11 is 0. The van der Waals surface area contributed by atoms with E-state index in [2.05, 4.69) is 34.3 Å². The highest BCUT2D eigenvalue weighted by molar-refractivity contribution is 6.30. The third-order valence-corrected chi connectivity index (χ3v) is 6.02. The predicted octanol–water partition coefficient (Wildman–Crippen LogP) is 3.19. The molecule has 0 saturated heterocycles. The number of ketones is 2. The average Bonchev–Trinajstić information content (AvgIpc) is 2.73. The molecule has 3 rings (SSSR count). The largest absolute Gasteiger partial charge is 0.382 e. The Bertz CT molecular complexity index is 952. The average molecular weight is 409 g/mol. The summed E-state index contributed by atoms with van der Waals surface area (Å²) in [6.07, 6.45) is 0. The number of benzene rings is 2. The van der Waals surface area contributed by atoms with E-state index in [1.807, 2.05) is 34.3 Å². The highest BCUT2D eigenvalue weighted by Crippen LogP contribution is 2.36. The van der Waals surface area contributed by atoms with Gasteiger partial charge in [-0.2, -0.15) is 0 Å². The van der Waals surface area contributed by atoms with Gasteiger partial charge in [0.05, 0.1) is 16.9 Å². The van der Waals surface area contributed by atoms with E-state index in [1.165, 1.54) is 0 Å². The maximum Gasteiger partial charge on any atom is 0.196 e. The first-order valence-electron chi connectivity index (χ1n) is 10.4. The maximum atomic E-state index is 13.4. The standard InChI is InChI=1S/C24H32N4O2/c1-15(27(3)4)13-25-20-12-11-19-21(22(20)26-14-16(2)28(5)6)24(30)18-10-8-7-9-17(18)23(19)29/h7-12,15-16,25-26H,13-14H2,1-6H3. The summed E-state index contributed by atoms with van der Waals surface area (Å²) in [4.78, 5) is 30.8. The quantitative estimate of drug-likeness (QED) is 0.597. The lowest BCUT2D eigenvalue weighted by atomic mass is 9.82. The first kappa shape index (κ1) is 22.0. The lowest BCUT2D eigenvalue weighted by molar-refractivity contribution is 0.0979. The molecule has 0 saturated carbocycles. The molecule has 2 N–H and O–H groups in total. The molecular weight excluding hydrogens is 376 g/mol. The first-order valence-corrected chi connectivity index (χ1v) is 10.4. The minimum Gasteiger partial charge on any atom is -0.382 e. The van der Waals surface area contributed by atoms with Crippen LogP contribution in [0.1, 0.15) is 45.7 Å². The molecule has 30 heavy (non-hydrogen) atoms. The van der Waals surface area contributed by atoms with Crippen molar-refractivity contribution in [2.75, 3.05) is 51.9 Å². The molecule has 160 valence electrons. The van der Waals surface area contributed by atoms with Gasteiger partial charge >= 0.3 is 0 Å². The topological polar surface area (TPSA) is 64.7 Å². The summed E-state index contributed by atoms with van der Waals surface area (Å²) in [6, 6.07) is 11.3. The van der Waals surface area contributed by atoms with Crippen molar-refractivity contribution in [3.63, 3.8) is 0 Å². The van der Waals surface area contributed by atoms with Gasteiger partial charge < -0.3 is 20.4 Å². The number of hydrogen-bond donors (Lipinski definition) is 2. The molecule has 2 aromatic rings. The summed E-state index contributed by atoms with van der Waals surface area (Å²) in [5.41, 5.74) is 3.42. The number of hydrogen-bond acceptors (Lipinski definition) is 6. The molecule has 1 aliphatic rings. The molecule has 2 atom stereocenters. The Morgan fingerprint density at radius 2 is 1.27 bits per heavy atom. The van der Waals surface area contributed by atoms with Crippen molar-refractivity contribution >= 4 is 22.9 Å². The maximum absolute atomic E-state index is 13.4. The van der Waals surface area contributed by atoms with Crippen molar-refractivity contribution in [3.05, 3.63) is 58.7 Å². The zero-order valence-electron chi connectivity index (χ0n) is 18.7. The van der Waals surface area contributed by atoms with Gasteiger partial charge in [0, 0.05) is 41.9 Å². The van der Waals surface area contributed by atoms with Crippen molar-refractivity contribution < 1.29 is 9.59 Å². The number of nitrogens with one attached hydrogen (secondary N) is 2. The molecule has 0 bridgehead atoms. The molecule has 1 aliphatic carbocycles. The Hall–Kier alpha value is -2.70. The summed E-state index contributed by atoms with van der Waals surface area (Å²) in [7, 11) is 8.12. The fourth-order valence-electron chi connectivity index (χ4n) is 3.39. The molecule has 2 unspecified atom stereocenters. The first-order chi connectivity index (χ1) is 14.2. The van der Waals surface area contributed by atoms with Crippen LogP contribution in [0, 0.1) is 0 Å². The Kier molecular flexibility index (Phi) is 6.58. The summed E-state index contributed by atoms with van der Waals surface area (Å²) in [5.74, 6) is -0.207. The van der Waals surface area contributed by atoms with Gasteiger partial charge in [0.25, 0.3) is 0 Å². The Morgan fingerprint density at radius 1 is 0.733 bits per heavy atom. The smallest absolute Gasteiger partial charge is 0.196 e. The van der Waals surface area contributed by atoms with E-state index in [4.69, 9.17) is 0 Å². The van der Waals surface area contributed by atoms with Gasteiger partial charge in [-0.15, -0.1) is 0 Å². The van der Waals surface area contributed by atoms with Crippen molar-refractivity contribution in [3.8, 4) is 0 Å². The van der Waals surface area contributed by atoms with Crippen molar-refractivity contribution in [2.45, 2.75) is 25.9 Å². The molecule has 6 nitrogen and oxygen atoms in total. The van der Waals surface area contributed by atoms with E-state index in [0.717, 1.165) is 12.2 Å².